The van der Waals surface area contributed by atoms with Crippen molar-refractivity contribution in [3.63, 3.8) is 0 Å². The molecule has 0 radical (unpaired) electrons. The number of aromatic hydroxyl groups is 1. The van der Waals surface area contributed by atoms with E-state index in [4.69, 9.17) is 4.42 Å². The second-order valence-electron chi connectivity index (χ2n) is 7.10. The number of hydrogen-bond donors (Lipinski definition) is 3. The normalized spacial score (nSPS) is 12.0. The van der Waals surface area contributed by atoms with Gasteiger partial charge in [-0.3, -0.25) is 0 Å². The van der Waals surface area contributed by atoms with Crippen molar-refractivity contribution in [3.05, 3.63) is 60.0 Å². The van der Waals surface area contributed by atoms with Crippen LogP contribution in [0.25, 0.3) is 11.5 Å². The lowest BCUT2D eigenvalue weighted by molar-refractivity contribution is 0.250. The van der Waals surface area contributed by atoms with Crippen molar-refractivity contribution in [2.24, 2.45) is 0 Å². The highest BCUT2D eigenvalue weighted by atomic mass is 32.2. The number of carbonyl (C=O) groups excluding carboxylic acids is 1. The monoisotopic (exact) mass is 441 g/mol. The van der Waals surface area contributed by atoms with Crippen LogP contribution >= 0.6 is 11.8 Å². The van der Waals surface area contributed by atoms with E-state index in [2.05, 4.69) is 20.8 Å². The SMILES string of the molecule is CCSC(c1nnc(-c2ccc(NC(=O)NCCN(C)C)cc2)o1)c1ccccc1O. The molecule has 0 saturated heterocycles. The molecule has 3 rings (SSSR count). The average molecular weight is 442 g/mol. The molecule has 2 aromatic carbocycles. The van der Waals surface area contributed by atoms with Gasteiger partial charge in [0.1, 0.15) is 11.0 Å². The van der Waals surface area contributed by atoms with E-state index < -0.39 is 0 Å². The first-order valence-corrected chi connectivity index (χ1v) is 11.1. The fourth-order valence-electron chi connectivity index (χ4n) is 2.89. The maximum atomic E-state index is 11.9. The summed E-state index contributed by atoms with van der Waals surface area (Å²) in [5, 5.41) is 24.0. The van der Waals surface area contributed by atoms with Gasteiger partial charge in [0, 0.05) is 29.9 Å². The number of amides is 2. The maximum Gasteiger partial charge on any atom is 0.319 e. The molecule has 0 saturated carbocycles. The summed E-state index contributed by atoms with van der Waals surface area (Å²) >= 11 is 1.61. The zero-order chi connectivity index (χ0) is 22.2. The first-order valence-electron chi connectivity index (χ1n) is 10.0. The van der Waals surface area contributed by atoms with Crippen molar-refractivity contribution in [1.82, 2.24) is 20.4 Å². The van der Waals surface area contributed by atoms with Crippen LogP contribution in [-0.4, -0.2) is 59.2 Å². The van der Waals surface area contributed by atoms with Gasteiger partial charge >= 0.3 is 6.03 Å². The van der Waals surface area contributed by atoms with E-state index >= 15 is 0 Å². The predicted octanol–water partition coefficient (Wildman–Crippen LogP) is 3.97. The minimum absolute atomic E-state index is 0.201. The van der Waals surface area contributed by atoms with E-state index in [0.717, 1.165) is 23.4 Å². The number of urea groups is 1. The summed E-state index contributed by atoms with van der Waals surface area (Å²) in [6, 6.07) is 14.1. The third kappa shape index (κ3) is 6.22. The van der Waals surface area contributed by atoms with Gasteiger partial charge in [-0.15, -0.1) is 22.0 Å². The van der Waals surface area contributed by atoms with E-state index in [0.29, 0.717) is 24.0 Å². The third-order valence-electron chi connectivity index (χ3n) is 4.45. The van der Waals surface area contributed by atoms with Crippen LogP contribution in [0.5, 0.6) is 5.75 Å². The van der Waals surface area contributed by atoms with Crippen LogP contribution in [0, 0.1) is 0 Å². The Balaban J connectivity index is 1.69. The Morgan fingerprint density at radius 1 is 1.16 bits per heavy atom. The number of phenols is 1. The average Bonchev–Trinajstić information content (AvgIpc) is 3.23. The number of carbonyl (C=O) groups is 1. The summed E-state index contributed by atoms with van der Waals surface area (Å²) in [6.45, 7) is 3.37. The first-order chi connectivity index (χ1) is 15.0. The summed E-state index contributed by atoms with van der Waals surface area (Å²) < 4.78 is 5.93. The van der Waals surface area contributed by atoms with Crippen LogP contribution in [0.4, 0.5) is 10.5 Å². The summed E-state index contributed by atoms with van der Waals surface area (Å²) in [6.07, 6.45) is 0. The van der Waals surface area contributed by atoms with Crippen LogP contribution in [0.15, 0.2) is 52.9 Å². The van der Waals surface area contributed by atoms with Crippen molar-refractivity contribution in [2.75, 3.05) is 38.3 Å². The van der Waals surface area contributed by atoms with Gasteiger partial charge in [-0.05, 0) is 50.2 Å². The van der Waals surface area contributed by atoms with E-state index in [1.165, 1.54) is 0 Å². The molecule has 3 aromatic rings. The second kappa shape index (κ2) is 10.8. The Kier molecular flexibility index (Phi) is 7.91. The van der Waals surface area contributed by atoms with E-state index in [1.54, 1.807) is 36.0 Å². The third-order valence-corrected chi connectivity index (χ3v) is 5.57. The molecule has 3 N–H and O–H groups in total. The molecule has 0 aliphatic carbocycles. The number of nitrogens with one attached hydrogen (secondary N) is 2. The molecule has 164 valence electrons. The van der Waals surface area contributed by atoms with Crippen LogP contribution in [0.3, 0.4) is 0 Å². The molecule has 0 spiro atoms. The van der Waals surface area contributed by atoms with Gasteiger partial charge in [0.05, 0.1) is 0 Å². The van der Waals surface area contributed by atoms with Crippen LogP contribution in [0.2, 0.25) is 0 Å². The number of aromatic nitrogens is 2. The van der Waals surface area contributed by atoms with Crippen molar-refractivity contribution in [3.8, 4) is 17.2 Å². The lowest BCUT2D eigenvalue weighted by Gasteiger charge is -2.13. The number of likely N-dealkylation sites (N-methyl/N-ethyl adjacent to an activating group) is 1. The number of phenolic OH excluding ortho intramolecular Hbond substituents is 1. The van der Waals surface area contributed by atoms with E-state index in [1.807, 2.05) is 50.2 Å². The minimum atomic E-state index is -0.253. The maximum absolute atomic E-state index is 11.9. The largest absolute Gasteiger partial charge is 0.508 e. The molecular formula is C22H27N5O3S. The van der Waals surface area contributed by atoms with Crippen molar-refractivity contribution in [1.29, 1.82) is 0 Å². The topological polar surface area (TPSA) is 104 Å². The highest BCUT2D eigenvalue weighted by Crippen LogP contribution is 2.39. The fourth-order valence-corrected chi connectivity index (χ4v) is 3.84. The quantitative estimate of drug-likeness (QED) is 0.462. The smallest absolute Gasteiger partial charge is 0.319 e. The molecule has 0 aliphatic rings. The zero-order valence-corrected chi connectivity index (χ0v) is 18.6. The molecule has 9 heteroatoms. The zero-order valence-electron chi connectivity index (χ0n) is 17.8. The van der Waals surface area contributed by atoms with Crippen LogP contribution < -0.4 is 10.6 Å². The number of nitrogens with zero attached hydrogens (tertiary/aromatic N) is 3. The predicted molar refractivity (Wildman–Crippen MR) is 123 cm³/mol. The molecule has 1 atom stereocenters. The number of rotatable bonds is 9. The Hall–Kier alpha value is -3.04. The van der Waals surface area contributed by atoms with Gasteiger partial charge in [-0.2, -0.15) is 0 Å². The number of anilines is 1. The van der Waals surface area contributed by atoms with E-state index in [9.17, 15) is 9.90 Å². The number of hydrogen-bond acceptors (Lipinski definition) is 7. The molecule has 8 nitrogen and oxygen atoms in total. The van der Waals surface area contributed by atoms with Crippen LogP contribution in [0.1, 0.15) is 23.6 Å². The highest BCUT2D eigenvalue weighted by molar-refractivity contribution is 7.99. The fraction of sp³-hybridized carbons (Fsp3) is 0.318. The van der Waals surface area contributed by atoms with Gasteiger partial charge in [-0.1, -0.05) is 25.1 Å². The molecule has 1 unspecified atom stereocenters. The molecule has 1 heterocycles. The van der Waals surface area contributed by atoms with Gasteiger partial charge in [0.15, 0.2) is 0 Å². The van der Waals surface area contributed by atoms with Crippen LogP contribution in [-0.2, 0) is 0 Å². The summed E-state index contributed by atoms with van der Waals surface area (Å²) in [4.78, 5) is 13.9. The van der Waals surface area contributed by atoms with Gasteiger partial charge in [0.25, 0.3) is 0 Å². The molecule has 1 aromatic heterocycles. The molecule has 31 heavy (non-hydrogen) atoms. The minimum Gasteiger partial charge on any atom is -0.508 e. The molecule has 0 bridgehead atoms. The van der Waals surface area contributed by atoms with E-state index in [-0.39, 0.29) is 17.0 Å². The Morgan fingerprint density at radius 3 is 2.58 bits per heavy atom. The molecular weight excluding hydrogens is 414 g/mol. The highest BCUT2D eigenvalue weighted by Gasteiger charge is 2.23. The Bertz CT molecular complexity index is 991. The number of para-hydroxylation sites is 1. The van der Waals surface area contributed by atoms with Crippen molar-refractivity contribution < 1.29 is 14.3 Å². The summed E-state index contributed by atoms with van der Waals surface area (Å²) in [5.41, 5.74) is 2.15. The van der Waals surface area contributed by atoms with Crippen molar-refractivity contribution in [2.45, 2.75) is 12.2 Å². The van der Waals surface area contributed by atoms with Gasteiger partial charge in [0.2, 0.25) is 11.8 Å². The Morgan fingerprint density at radius 2 is 1.90 bits per heavy atom. The first kappa shape index (κ1) is 22.6. The number of thioether (sulfide) groups is 1. The lowest BCUT2D eigenvalue weighted by Crippen LogP contribution is -2.34. The summed E-state index contributed by atoms with van der Waals surface area (Å²) in [5.74, 6) is 1.85. The van der Waals surface area contributed by atoms with Gasteiger partial charge < -0.3 is 25.1 Å². The molecule has 2 amide bonds. The molecule has 0 fully saturated rings. The lowest BCUT2D eigenvalue weighted by atomic mass is 10.1. The van der Waals surface area contributed by atoms with Crippen molar-refractivity contribution >= 4 is 23.5 Å². The standard InChI is InChI=1S/C22H27N5O3S/c1-4-31-19(17-7-5-6-8-18(17)28)21-26-25-20(30-21)15-9-11-16(12-10-15)24-22(29)23-13-14-27(2)3/h5-12,19,28H,4,13-14H2,1-3H3,(H2,23,24,29). The second-order valence-corrected chi connectivity index (χ2v) is 8.48. The summed E-state index contributed by atoms with van der Waals surface area (Å²) in [7, 11) is 3.90. The molecule has 0 aliphatic heterocycles. The Labute approximate surface area is 186 Å². The van der Waals surface area contributed by atoms with Gasteiger partial charge in [-0.25, -0.2) is 4.79 Å². The number of benzene rings is 2.